The Balaban J connectivity index is 2.01. The lowest BCUT2D eigenvalue weighted by atomic mass is 10.1. The lowest BCUT2D eigenvalue weighted by Gasteiger charge is -2.22. The molecule has 0 spiro atoms. The second-order valence-electron chi connectivity index (χ2n) is 6.66. The molecule has 1 amide bonds. The van der Waals surface area contributed by atoms with Gasteiger partial charge in [-0.1, -0.05) is 0 Å². The van der Waals surface area contributed by atoms with E-state index < -0.39 is 0 Å². The Morgan fingerprint density at radius 2 is 1.81 bits per heavy atom. The fourth-order valence-corrected chi connectivity index (χ4v) is 2.72. The quantitative estimate of drug-likeness (QED) is 0.707. The number of nitrogens with zero attached hydrogens (tertiary/aromatic N) is 4. The highest BCUT2D eigenvalue weighted by molar-refractivity contribution is 5.92. The first-order valence-corrected chi connectivity index (χ1v) is 9.33. The Morgan fingerprint density at radius 3 is 2.37 bits per heavy atom. The number of rotatable bonds is 9. The third kappa shape index (κ3) is 5.92. The van der Waals surface area contributed by atoms with Crippen LogP contribution in [0.1, 0.15) is 29.9 Å². The predicted molar refractivity (Wildman–Crippen MR) is 111 cm³/mol. The maximum atomic E-state index is 12.1. The van der Waals surface area contributed by atoms with Crippen molar-refractivity contribution in [3.63, 3.8) is 0 Å². The fourth-order valence-electron chi connectivity index (χ4n) is 2.72. The van der Waals surface area contributed by atoms with E-state index in [1.165, 1.54) is 5.69 Å². The lowest BCUT2D eigenvalue weighted by molar-refractivity contribution is 0.0945. The van der Waals surface area contributed by atoms with Crippen LogP contribution in [0.25, 0.3) is 0 Å². The van der Waals surface area contributed by atoms with E-state index in [0.717, 1.165) is 30.9 Å². The van der Waals surface area contributed by atoms with Crippen molar-refractivity contribution in [2.75, 3.05) is 50.5 Å². The van der Waals surface area contributed by atoms with Crippen molar-refractivity contribution in [1.82, 2.24) is 20.4 Å². The summed E-state index contributed by atoms with van der Waals surface area (Å²) in [6.07, 6.45) is 0. The third-order valence-electron chi connectivity index (χ3n) is 4.34. The monoisotopic (exact) mass is 370 g/mol. The number of aromatic nitrogens is 2. The molecule has 0 bridgehead atoms. The molecule has 7 nitrogen and oxygen atoms in total. The van der Waals surface area contributed by atoms with E-state index in [-0.39, 0.29) is 5.91 Å². The summed E-state index contributed by atoms with van der Waals surface area (Å²) in [5.41, 5.74) is 3.63. The number of carbonyl (C=O) groups is 1. The number of aryl methyl sites for hydroxylation is 1. The van der Waals surface area contributed by atoms with Crippen LogP contribution >= 0.6 is 0 Å². The Bertz CT molecular complexity index is 741. The number of benzene rings is 1. The van der Waals surface area contributed by atoms with Gasteiger partial charge in [-0.3, -0.25) is 4.79 Å². The van der Waals surface area contributed by atoms with Crippen molar-refractivity contribution < 1.29 is 4.79 Å². The van der Waals surface area contributed by atoms with Gasteiger partial charge in [-0.2, -0.15) is 0 Å². The molecule has 1 heterocycles. The molecule has 1 aromatic carbocycles. The number of carbonyl (C=O) groups excluding carboxylic acids is 1. The number of likely N-dealkylation sites (N-methyl/N-ethyl adjacent to an activating group) is 1. The summed E-state index contributed by atoms with van der Waals surface area (Å²) in [7, 11) is 3.92. The van der Waals surface area contributed by atoms with Crippen LogP contribution in [0.5, 0.6) is 0 Å². The molecule has 27 heavy (non-hydrogen) atoms. The Kier molecular flexibility index (Phi) is 7.55. The average molecular weight is 371 g/mol. The molecule has 146 valence electrons. The molecule has 0 atom stereocenters. The normalized spacial score (nSPS) is 10.7. The summed E-state index contributed by atoms with van der Waals surface area (Å²) in [5.74, 6) is 0.397. The number of anilines is 3. The Morgan fingerprint density at radius 1 is 1.07 bits per heavy atom. The molecule has 0 saturated heterocycles. The van der Waals surface area contributed by atoms with Crippen molar-refractivity contribution in [3.05, 3.63) is 41.6 Å². The number of hydrogen-bond acceptors (Lipinski definition) is 6. The molecule has 0 saturated carbocycles. The van der Waals surface area contributed by atoms with E-state index >= 15 is 0 Å². The van der Waals surface area contributed by atoms with Gasteiger partial charge in [-0.15, -0.1) is 10.2 Å². The Labute approximate surface area is 161 Å². The fraction of sp³-hybridized carbons (Fsp3) is 0.450. The number of nitrogens with one attached hydrogen (secondary N) is 2. The van der Waals surface area contributed by atoms with Gasteiger partial charge in [0, 0.05) is 37.6 Å². The van der Waals surface area contributed by atoms with Gasteiger partial charge in [0.2, 0.25) is 0 Å². The molecule has 2 N–H and O–H groups in total. The smallest absolute Gasteiger partial charge is 0.271 e. The van der Waals surface area contributed by atoms with Gasteiger partial charge in [-0.25, -0.2) is 0 Å². The van der Waals surface area contributed by atoms with Gasteiger partial charge >= 0.3 is 0 Å². The zero-order chi connectivity index (χ0) is 19.8. The summed E-state index contributed by atoms with van der Waals surface area (Å²) in [6.45, 7) is 9.68. The maximum absolute atomic E-state index is 12.1. The SMILES string of the molecule is CCN(CC)c1ccc(Nc2ccc(C(=O)NCCN(C)C)nn2)c(C)c1. The minimum Gasteiger partial charge on any atom is -0.372 e. The third-order valence-corrected chi connectivity index (χ3v) is 4.34. The topological polar surface area (TPSA) is 73.4 Å². The first-order chi connectivity index (χ1) is 12.9. The molecule has 0 unspecified atom stereocenters. The largest absolute Gasteiger partial charge is 0.372 e. The lowest BCUT2D eigenvalue weighted by Crippen LogP contribution is -2.31. The van der Waals surface area contributed by atoms with Gasteiger partial charge in [0.15, 0.2) is 11.5 Å². The molecule has 0 radical (unpaired) electrons. The van der Waals surface area contributed by atoms with Crippen molar-refractivity contribution in [1.29, 1.82) is 0 Å². The van der Waals surface area contributed by atoms with Crippen LogP contribution < -0.4 is 15.5 Å². The molecule has 7 heteroatoms. The highest BCUT2D eigenvalue weighted by Crippen LogP contribution is 2.24. The van der Waals surface area contributed by atoms with Crippen LogP contribution in [-0.4, -0.2) is 61.3 Å². The van der Waals surface area contributed by atoms with Crippen LogP contribution in [0.4, 0.5) is 17.2 Å². The summed E-state index contributed by atoms with van der Waals surface area (Å²) in [4.78, 5) is 16.4. The summed E-state index contributed by atoms with van der Waals surface area (Å²) >= 11 is 0. The minimum absolute atomic E-state index is 0.212. The van der Waals surface area contributed by atoms with E-state index in [9.17, 15) is 4.79 Å². The summed E-state index contributed by atoms with van der Waals surface area (Å²) < 4.78 is 0. The van der Waals surface area contributed by atoms with E-state index in [1.807, 2.05) is 25.1 Å². The van der Waals surface area contributed by atoms with E-state index in [4.69, 9.17) is 0 Å². The summed E-state index contributed by atoms with van der Waals surface area (Å²) in [6, 6.07) is 9.76. The van der Waals surface area contributed by atoms with Gasteiger partial charge in [0.25, 0.3) is 5.91 Å². The van der Waals surface area contributed by atoms with Crippen LogP contribution in [0.15, 0.2) is 30.3 Å². The van der Waals surface area contributed by atoms with Crippen molar-refractivity contribution in [3.8, 4) is 0 Å². The first kappa shape index (κ1) is 20.6. The van der Waals surface area contributed by atoms with E-state index in [1.54, 1.807) is 12.1 Å². The first-order valence-electron chi connectivity index (χ1n) is 9.33. The molecule has 2 aromatic rings. The van der Waals surface area contributed by atoms with Crippen LogP contribution in [-0.2, 0) is 0 Å². The highest BCUT2D eigenvalue weighted by atomic mass is 16.1. The standard InChI is InChI=1S/C20H30N6O/c1-6-26(7-2)16-8-9-17(15(3)14-16)22-19-11-10-18(23-24-19)20(27)21-12-13-25(4)5/h8-11,14H,6-7,12-13H2,1-5H3,(H,21,27)(H,22,24). The van der Waals surface area contributed by atoms with Gasteiger partial charge in [0.1, 0.15) is 0 Å². The van der Waals surface area contributed by atoms with Crippen molar-refractivity contribution in [2.45, 2.75) is 20.8 Å². The van der Waals surface area contributed by atoms with Gasteiger partial charge in [0.05, 0.1) is 0 Å². The molecule has 0 aliphatic carbocycles. The number of amides is 1. The number of hydrogen-bond donors (Lipinski definition) is 2. The zero-order valence-electron chi connectivity index (χ0n) is 16.9. The van der Waals surface area contributed by atoms with E-state index in [0.29, 0.717) is 18.1 Å². The van der Waals surface area contributed by atoms with E-state index in [2.05, 4.69) is 58.6 Å². The molecule has 1 aromatic heterocycles. The van der Waals surface area contributed by atoms with Crippen molar-refractivity contribution in [2.24, 2.45) is 0 Å². The molecule has 0 aliphatic rings. The minimum atomic E-state index is -0.212. The maximum Gasteiger partial charge on any atom is 0.271 e. The molecule has 0 fully saturated rings. The van der Waals surface area contributed by atoms with Crippen LogP contribution in [0, 0.1) is 6.92 Å². The summed E-state index contributed by atoms with van der Waals surface area (Å²) in [5, 5.41) is 14.3. The molecule has 0 aliphatic heterocycles. The second-order valence-corrected chi connectivity index (χ2v) is 6.66. The second kappa shape index (κ2) is 9.87. The molecular formula is C20H30N6O. The Hall–Kier alpha value is -2.67. The predicted octanol–water partition coefficient (Wildman–Crippen LogP) is 2.67. The molecule has 2 rings (SSSR count). The van der Waals surface area contributed by atoms with Gasteiger partial charge in [-0.05, 0) is 70.8 Å². The van der Waals surface area contributed by atoms with Crippen molar-refractivity contribution >= 4 is 23.1 Å². The van der Waals surface area contributed by atoms with Gasteiger partial charge < -0.3 is 20.4 Å². The zero-order valence-corrected chi connectivity index (χ0v) is 16.9. The highest BCUT2D eigenvalue weighted by Gasteiger charge is 2.09. The van der Waals surface area contributed by atoms with Crippen LogP contribution in [0.3, 0.4) is 0 Å². The van der Waals surface area contributed by atoms with Crippen LogP contribution in [0.2, 0.25) is 0 Å². The molecular weight excluding hydrogens is 340 g/mol. The average Bonchev–Trinajstić information content (AvgIpc) is 2.65.